The fourth-order valence-electron chi connectivity index (χ4n) is 2.35. The average Bonchev–Trinajstić information content (AvgIpc) is 3.00. The molecule has 0 spiro atoms. The van der Waals surface area contributed by atoms with Crippen LogP contribution in [0.3, 0.4) is 0 Å². The number of amidine groups is 1. The minimum atomic E-state index is -0.510. The van der Waals surface area contributed by atoms with E-state index in [1.165, 1.54) is 11.8 Å². The number of nitrogens with one attached hydrogen (secondary N) is 2. The van der Waals surface area contributed by atoms with E-state index >= 15 is 0 Å². The van der Waals surface area contributed by atoms with E-state index in [0.717, 1.165) is 11.3 Å². The van der Waals surface area contributed by atoms with Crippen molar-refractivity contribution in [2.75, 3.05) is 5.32 Å². The Balaban J connectivity index is 1.59. The second-order valence-electron chi connectivity index (χ2n) is 5.67. The van der Waals surface area contributed by atoms with Crippen LogP contribution in [0.25, 0.3) is 0 Å². The molecule has 1 aliphatic rings. The Labute approximate surface area is 155 Å². The summed E-state index contributed by atoms with van der Waals surface area (Å²) >= 11 is 1.22. The zero-order valence-corrected chi connectivity index (χ0v) is 15.0. The quantitative estimate of drug-likeness (QED) is 0.630. The van der Waals surface area contributed by atoms with Crippen LogP contribution in [0, 0.1) is 0 Å². The first-order valence-electron chi connectivity index (χ1n) is 8.12. The van der Waals surface area contributed by atoms with Crippen molar-refractivity contribution in [3.8, 4) is 0 Å². The third-order valence-corrected chi connectivity index (χ3v) is 4.76. The topological polar surface area (TPSA) is 82.9 Å². The molecule has 2 aromatic rings. The molecule has 2 amide bonds. The lowest BCUT2D eigenvalue weighted by molar-refractivity contribution is -0.122. The van der Waals surface area contributed by atoms with Gasteiger partial charge in [-0.25, -0.2) is 0 Å². The van der Waals surface area contributed by atoms with Gasteiger partial charge in [0, 0.05) is 12.1 Å². The lowest BCUT2D eigenvalue weighted by Gasteiger charge is -2.06. The molecule has 1 aliphatic heterocycles. The second kappa shape index (κ2) is 8.44. The van der Waals surface area contributed by atoms with Gasteiger partial charge in [-0.1, -0.05) is 60.3 Å². The molecule has 1 saturated heterocycles. The Morgan fingerprint density at radius 2 is 1.77 bits per heavy atom. The first-order chi connectivity index (χ1) is 12.6. The maximum atomic E-state index is 12.1. The van der Waals surface area contributed by atoms with Crippen molar-refractivity contribution in [2.45, 2.75) is 18.6 Å². The Morgan fingerprint density at radius 1 is 1.12 bits per heavy atom. The molecule has 0 radical (unpaired) electrons. The molecule has 6 nitrogen and oxygen atoms in total. The molecule has 0 aromatic heterocycles. The number of hydrogen-bond donors (Lipinski definition) is 2. The predicted octanol–water partition coefficient (Wildman–Crippen LogP) is 3.03. The number of hydrogen-bond acceptors (Lipinski definition) is 5. The van der Waals surface area contributed by atoms with Crippen molar-refractivity contribution in [1.82, 2.24) is 5.32 Å². The molecule has 0 saturated carbocycles. The number of amides is 2. The van der Waals surface area contributed by atoms with Crippen molar-refractivity contribution in [1.29, 1.82) is 0 Å². The standard InChI is InChI=1S/C19H18N4O2S/c1-13(14-8-4-2-5-9-14)22-23-19-21-18(25)16(26-19)12-17(24)20-15-10-6-3-7-11-15/h2-11,16H,12H2,1H3,(H,20,24)(H,21,23,25)/b22-13+. The van der Waals surface area contributed by atoms with Crippen molar-refractivity contribution >= 4 is 40.1 Å². The molecule has 1 fully saturated rings. The number of nitrogens with zero attached hydrogens (tertiary/aromatic N) is 2. The molecule has 2 aromatic carbocycles. The summed E-state index contributed by atoms with van der Waals surface area (Å²) in [5.41, 5.74) is 2.42. The van der Waals surface area contributed by atoms with Gasteiger partial charge in [0.05, 0.1) is 5.71 Å². The minimum Gasteiger partial charge on any atom is -0.326 e. The van der Waals surface area contributed by atoms with E-state index < -0.39 is 5.25 Å². The van der Waals surface area contributed by atoms with Crippen molar-refractivity contribution in [2.24, 2.45) is 10.2 Å². The SMILES string of the molecule is C/C(=N\N=C1/NC(=O)C(CC(=O)Nc2ccccc2)S1)c1ccccc1. The number of para-hydroxylation sites is 1. The molecule has 2 N–H and O–H groups in total. The fraction of sp³-hybridized carbons (Fsp3) is 0.158. The van der Waals surface area contributed by atoms with Crippen LogP contribution in [0.2, 0.25) is 0 Å². The number of thioether (sulfide) groups is 1. The Kier molecular flexibility index (Phi) is 5.80. The number of anilines is 1. The van der Waals surface area contributed by atoms with Crippen LogP contribution in [0.4, 0.5) is 5.69 Å². The van der Waals surface area contributed by atoms with Crippen molar-refractivity contribution < 1.29 is 9.59 Å². The summed E-state index contributed by atoms with van der Waals surface area (Å²) in [4.78, 5) is 24.1. The highest BCUT2D eigenvalue weighted by atomic mass is 32.2. The molecule has 1 atom stereocenters. The summed E-state index contributed by atoms with van der Waals surface area (Å²) < 4.78 is 0. The normalized spacial score (nSPS) is 18.7. The molecule has 0 bridgehead atoms. The van der Waals surface area contributed by atoms with E-state index in [2.05, 4.69) is 20.8 Å². The van der Waals surface area contributed by atoms with E-state index in [1.54, 1.807) is 12.1 Å². The Hall–Kier alpha value is -2.93. The van der Waals surface area contributed by atoms with Gasteiger partial charge in [-0.15, -0.1) is 5.10 Å². The summed E-state index contributed by atoms with van der Waals surface area (Å²) in [6.45, 7) is 1.85. The van der Waals surface area contributed by atoms with Crippen LogP contribution in [-0.2, 0) is 9.59 Å². The van der Waals surface area contributed by atoms with Gasteiger partial charge in [-0.3, -0.25) is 9.59 Å². The molecule has 0 aliphatic carbocycles. The first kappa shape index (κ1) is 17.9. The maximum Gasteiger partial charge on any atom is 0.240 e. The monoisotopic (exact) mass is 366 g/mol. The van der Waals surface area contributed by atoms with Gasteiger partial charge in [0.1, 0.15) is 5.25 Å². The Morgan fingerprint density at radius 3 is 2.46 bits per heavy atom. The zero-order valence-electron chi connectivity index (χ0n) is 14.2. The van der Waals surface area contributed by atoms with E-state index in [9.17, 15) is 9.59 Å². The largest absolute Gasteiger partial charge is 0.326 e. The second-order valence-corrected chi connectivity index (χ2v) is 6.86. The molecule has 7 heteroatoms. The lowest BCUT2D eigenvalue weighted by Crippen LogP contribution is -2.28. The Bertz CT molecular complexity index is 850. The van der Waals surface area contributed by atoms with Gasteiger partial charge in [0.15, 0.2) is 5.17 Å². The molecule has 3 rings (SSSR count). The van der Waals surface area contributed by atoms with E-state index in [0.29, 0.717) is 10.9 Å². The van der Waals surface area contributed by atoms with Crippen LogP contribution in [0.15, 0.2) is 70.9 Å². The van der Waals surface area contributed by atoms with Gasteiger partial charge in [-0.2, -0.15) is 5.10 Å². The molecular weight excluding hydrogens is 348 g/mol. The highest BCUT2D eigenvalue weighted by molar-refractivity contribution is 8.15. The van der Waals surface area contributed by atoms with Crippen LogP contribution in [0.5, 0.6) is 0 Å². The number of rotatable bonds is 5. The van der Waals surface area contributed by atoms with Crippen LogP contribution < -0.4 is 10.6 Å². The minimum absolute atomic E-state index is 0.0752. The van der Waals surface area contributed by atoms with Gasteiger partial charge in [0.25, 0.3) is 0 Å². The number of carbonyl (C=O) groups is 2. The van der Waals surface area contributed by atoms with Crippen molar-refractivity contribution in [3.63, 3.8) is 0 Å². The van der Waals surface area contributed by atoms with Crippen LogP contribution >= 0.6 is 11.8 Å². The predicted molar refractivity (Wildman–Crippen MR) is 105 cm³/mol. The molecule has 26 heavy (non-hydrogen) atoms. The van der Waals surface area contributed by atoms with Gasteiger partial charge in [0.2, 0.25) is 11.8 Å². The van der Waals surface area contributed by atoms with E-state index in [4.69, 9.17) is 0 Å². The highest BCUT2D eigenvalue weighted by Gasteiger charge is 2.32. The van der Waals surface area contributed by atoms with E-state index in [-0.39, 0.29) is 18.2 Å². The molecule has 1 heterocycles. The smallest absolute Gasteiger partial charge is 0.240 e. The first-order valence-corrected chi connectivity index (χ1v) is 9.00. The van der Waals surface area contributed by atoms with E-state index in [1.807, 2.05) is 55.5 Å². The molecular formula is C19H18N4O2S. The summed E-state index contributed by atoms with van der Waals surface area (Å²) in [6, 6.07) is 18.8. The lowest BCUT2D eigenvalue weighted by atomic mass is 10.1. The van der Waals surface area contributed by atoms with Gasteiger partial charge < -0.3 is 10.6 Å². The van der Waals surface area contributed by atoms with Crippen LogP contribution in [0.1, 0.15) is 18.9 Å². The third-order valence-electron chi connectivity index (χ3n) is 3.69. The summed E-state index contributed by atoms with van der Waals surface area (Å²) in [5.74, 6) is -0.446. The van der Waals surface area contributed by atoms with Crippen LogP contribution in [-0.4, -0.2) is 27.9 Å². The molecule has 132 valence electrons. The highest BCUT2D eigenvalue weighted by Crippen LogP contribution is 2.23. The fourth-order valence-corrected chi connectivity index (χ4v) is 3.26. The summed E-state index contributed by atoms with van der Waals surface area (Å²) in [5, 5.41) is 13.6. The summed E-state index contributed by atoms with van der Waals surface area (Å²) in [6.07, 6.45) is 0.0752. The summed E-state index contributed by atoms with van der Waals surface area (Å²) in [7, 11) is 0. The number of carbonyl (C=O) groups excluding carboxylic acids is 2. The maximum absolute atomic E-state index is 12.1. The average molecular weight is 366 g/mol. The van der Waals surface area contributed by atoms with Crippen molar-refractivity contribution in [3.05, 3.63) is 66.2 Å². The van der Waals surface area contributed by atoms with Gasteiger partial charge in [-0.05, 0) is 24.6 Å². The number of benzene rings is 2. The molecule has 1 unspecified atom stereocenters. The van der Waals surface area contributed by atoms with Gasteiger partial charge >= 0.3 is 0 Å². The third kappa shape index (κ3) is 4.80. The zero-order chi connectivity index (χ0) is 18.4.